The zero-order chi connectivity index (χ0) is 32.0. The van der Waals surface area contributed by atoms with Gasteiger partial charge in [-0.1, -0.05) is 44.9 Å². The molecule has 0 aliphatic rings. The van der Waals surface area contributed by atoms with E-state index in [9.17, 15) is 27.6 Å². The molecule has 0 aliphatic carbocycles. The quantitative estimate of drug-likeness (QED) is 0.0698. The third-order valence-corrected chi connectivity index (χ3v) is 6.48. The Hall–Kier alpha value is -4.60. The summed E-state index contributed by atoms with van der Waals surface area (Å²) in [6.45, 7) is 6.00. The zero-order valence-corrected chi connectivity index (χ0v) is 24.5. The minimum Gasteiger partial charge on any atom is -0.494 e. The van der Waals surface area contributed by atoms with Crippen molar-refractivity contribution >= 4 is 17.9 Å². The van der Waals surface area contributed by atoms with E-state index in [1.165, 1.54) is 24.3 Å². The van der Waals surface area contributed by atoms with Gasteiger partial charge < -0.3 is 18.9 Å². The summed E-state index contributed by atoms with van der Waals surface area (Å²) in [7, 11) is 0. The van der Waals surface area contributed by atoms with Crippen LogP contribution < -0.4 is 14.2 Å². The Labute approximate surface area is 254 Å². The monoisotopic (exact) mass is 612 g/mol. The fraction of sp³-hybridized carbons (Fsp3) is 0.324. The fourth-order valence-corrected chi connectivity index (χ4v) is 4.09. The summed E-state index contributed by atoms with van der Waals surface area (Å²) in [4.78, 5) is 36.3. The molecule has 3 rings (SSSR count). The highest BCUT2D eigenvalue weighted by Crippen LogP contribution is 2.37. The van der Waals surface area contributed by atoms with E-state index in [1.807, 2.05) is 12.1 Å². The predicted octanol–water partition coefficient (Wildman–Crippen LogP) is 8.15. The van der Waals surface area contributed by atoms with E-state index in [0.717, 1.165) is 55.9 Å². The molecular formula is C34H35F3O7. The molecule has 0 fully saturated rings. The van der Waals surface area contributed by atoms with Crippen LogP contribution in [0.25, 0.3) is 0 Å². The Kier molecular flexibility index (Phi) is 13.0. The Morgan fingerprint density at radius 3 is 2.05 bits per heavy atom. The van der Waals surface area contributed by atoms with Gasteiger partial charge in [0, 0.05) is 6.08 Å². The molecule has 3 aromatic carbocycles. The number of hydrogen-bond acceptors (Lipinski definition) is 7. The van der Waals surface area contributed by atoms with Crippen LogP contribution in [0.5, 0.6) is 17.2 Å². The predicted molar refractivity (Wildman–Crippen MR) is 158 cm³/mol. The number of hydrogen-bond donors (Lipinski definition) is 0. The molecule has 0 spiro atoms. The van der Waals surface area contributed by atoms with Gasteiger partial charge in [0.1, 0.15) is 17.2 Å². The molecular weight excluding hydrogens is 577 g/mol. The number of carbonyl (C=O) groups is 3. The van der Waals surface area contributed by atoms with Crippen molar-refractivity contribution in [3.05, 3.63) is 102 Å². The smallest absolute Gasteiger partial charge is 0.420 e. The van der Waals surface area contributed by atoms with Crippen LogP contribution in [0.15, 0.2) is 79.4 Å². The summed E-state index contributed by atoms with van der Waals surface area (Å²) < 4.78 is 62.4. The highest BCUT2D eigenvalue weighted by Gasteiger charge is 2.36. The third-order valence-electron chi connectivity index (χ3n) is 6.48. The average Bonchev–Trinajstić information content (AvgIpc) is 3.01. The lowest BCUT2D eigenvalue weighted by Crippen LogP contribution is -2.16. The molecule has 0 N–H and O–H groups in total. The lowest BCUT2D eigenvalue weighted by Gasteiger charge is -2.14. The molecule has 0 saturated carbocycles. The molecule has 0 unspecified atom stereocenters. The second-order valence-electron chi connectivity index (χ2n) is 9.89. The van der Waals surface area contributed by atoms with Crippen molar-refractivity contribution in [3.8, 4) is 17.2 Å². The minimum atomic E-state index is -4.91. The molecule has 234 valence electrons. The molecule has 0 atom stereocenters. The Balaban J connectivity index is 1.58. The second-order valence-corrected chi connectivity index (χ2v) is 9.89. The first kappa shape index (κ1) is 33.9. The highest BCUT2D eigenvalue weighted by atomic mass is 19.4. The zero-order valence-electron chi connectivity index (χ0n) is 24.5. The van der Waals surface area contributed by atoms with Crippen molar-refractivity contribution in [3.63, 3.8) is 0 Å². The molecule has 0 bridgehead atoms. The molecule has 10 heteroatoms. The van der Waals surface area contributed by atoms with Gasteiger partial charge in [-0.25, -0.2) is 14.4 Å². The van der Waals surface area contributed by atoms with Gasteiger partial charge in [-0.05, 0) is 85.8 Å². The SMILES string of the molecule is C=CC(=O)OCCCCOc1ccc(C(=O)Oc2ccc(C(=O)Oc3ccc(CCCCCC)cc3)cc2C(F)(F)F)cc1. The summed E-state index contributed by atoms with van der Waals surface area (Å²) in [6, 6.07) is 15.2. The van der Waals surface area contributed by atoms with Crippen molar-refractivity contribution < 1.29 is 46.5 Å². The van der Waals surface area contributed by atoms with Crippen LogP contribution in [0.2, 0.25) is 0 Å². The maximum atomic E-state index is 13.9. The lowest BCUT2D eigenvalue weighted by atomic mass is 10.1. The van der Waals surface area contributed by atoms with Gasteiger partial charge >= 0.3 is 24.1 Å². The van der Waals surface area contributed by atoms with Gasteiger partial charge in [-0.15, -0.1) is 0 Å². The van der Waals surface area contributed by atoms with Crippen molar-refractivity contribution in [1.82, 2.24) is 0 Å². The molecule has 7 nitrogen and oxygen atoms in total. The molecule has 0 saturated heterocycles. The van der Waals surface area contributed by atoms with Crippen LogP contribution in [-0.4, -0.2) is 31.1 Å². The van der Waals surface area contributed by atoms with Gasteiger partial charge in [-0.2, -0.15) is 13.2 Å². The van der Waals surface area contributed by atoms with Crippen LogP contribution >= 0.6 is 0 Å². The normalized spacial score (nSPS) is 11.0. The number of rotatable bonds is 16. The Bertz CT molecular complexity index is 1400. The van der Waals surface area contributed by atoms with Crippen molar-refractivity contribution in [2.75, 3.05) is 13.2 Å². The summed E-state index contributed by atoms with van der Waals surface area (Å²) >= 11 is 0. The number of alkyl halides is 3. The van der Waals surface area contributed by atoms with E-state index < -0.39 is 35.4 Å². The largest absolute Gasteiger partial charge is 0.494 e. The lowest BCUT2D eigenvalue weighted by molar-refractivity contribution is -0.139. The number of benzene rings is 3. The second kappa shape index (κ2) is 16.9. The van der Waals surface area contributed by atoms with Crippen LogP contribution in [0.1, 0.15) is 77.3 Å². The summed E-state index contributed by atoms with van der Waals surface area (Å²) in [5, 5.41) is 0. The summed E-state index contributed by atoms with van der Waals surface area (Å²) in [5.74, 6) is -2.60. The van der Waals surface area contributed by atoms with Crippen molar-refractivity contribution in [2.45, 2.75) is 58.0 Å². The topological polar surface area (TPSA) is 88.1 Å². The Morgan fingerprint density at radius 2 is 1.39 bits per heavy atom. The Morgan fingerprint density at radius 1 is 0.750 bits per heavy atom. The number of halogens is 3. The van der Waals surface area contributed by atoms with Crippen molar-refractivity contribution in [1.29, 1.82) is 0 Å². The number of aryl methyl sites for hydroxylation is 1. The van der Waals surface area contributed by atoms with E-state index in [2.05, 4.69) is 13.5 Å². The van der Waals surface area contributed by atoms with Gasteiger partial charge in [0.25, 0.3) is 0 Å². The number of carbonyl (C=O) groups excluding carboxylic acids is 3. The molecule has 0 amide bonds. The molecule has 0 aliphatic heterocycles. The highest BCUT2D eigenvalue weighted by molar-refractivity contribution is 5.93. The third kappa shape index (κ3) is 10.9. The molecule has 0 radical (unpaired) electrons. The first-order valence-corrected chi connectivity index (χ1v) is 14.4. The van der Waals surface area contributed by atoms with E-state index in [1.54, 1.807) is 12.1 Å². The van der Waals surface area contributed by atoms with Crippen LogP contribution in [0.4, 0.5) is 13.2 Å². The van der Waals surface area contributed by atoms with Crippen LogP contribution in [-0.2, 0) is 22.1 Å². The standard InChI is InChI=1S/C34H35F3O7/c1-3-5-6-7-10-24-11-16-28(17-12-24)43-33(40)26-15-20-30(29(23-26)34(35,36)37)44-32(39)25-13-18-27(19-14-25)41-21-8-9-22-42-31(38)4-2/h4,11-20,23H,2-3,5-10,21-22H2,1H3. The van der Waals surface area contributed by atoms with Gasteiger partial charge in [0.2, 0.25) is 0 Å². The van der Waals surface area contributed by atoms with Gasteiger partial charge in [0.15, 0.2) is 0 Å². The van der Waals surface area contributed by atoms with E-state index >= 15 is 0 Å². The van der Waals surface area contributed by atoms with Crippen LogP contribution in [0, 0.1) is 0 Å². The molecule has 0 aromatic heterocycles. The van der Waals surface area contributed by atoms with Gasteiger partial charge in [-0.3, -0.25) is 0 Å². The fourth-order valence-electron chi connectivity index (χ4n) is 4.09. The maximum absolute atomic E-state index is 13.9. The van der Waals surface area contributed by atoms with Crippen molar-refractivity contribution in [2.24, 2.45) is 0 Å². The first-order valence-electron chi connectivity index (χ1n) is 14.4. The number of unbranched alkanes of at least 4 members (excludes halogenated alkanes) is 4. The summed E-state index contributed by atoms with van der Waals surface area (Å²) in [6.07, 6.45) is 2.71. The maximum Gasteiger partial charge on any atom is 0.420 e. The van der Waals surface area contributed by atoms with E-state index in [0.29, 0.717) is 31.3 Å². The average molecular weight is 613 g/mol. The van der Waals surface area contributed by atoms with Gasteiger partial charge in [0.05, 0.1) is 29.9 Å². The number of esters is 3. The minimum absolute atomic E-state index is 0.000825. The van der Waals surface area contributed by atoms with E-state index in [4.69, 9.17) is 18.9 Å². The first-order chi connectivity index (χ1) is 21.1. The molecule has 0 heterocycles. The van der Waals surface area contributed by atoms with E-state index in [-0.39, 0.29) is 23.5 Å². The number of ether oxygens (including phenoxy) is 4. The molecule has 44 heavy (non-hydrogen) atoms. The summed E-state index contributed by atoms with van der Waals surface area (Å²) in [5.41, 5.74) is -0.559. The van der Waals surface area contributed by atoms with Crippen LogP contribution in [0.3, 0.4) is 0 Å². The molecule has 3 aromatic rings.